The molecule has 0 amide bonds. The van der Waals surface area contributed by atoms with E-state index in [2.05, 4.69) is 11.3 Å². The molecule has 5 heteroatoms. The number of para-hydroxylation sites is 3. The molecule has 59 heavy (non-hydrogen) atoms. The lowest BCUT2D eigenvalue weighted by molar-refractivity contribution is -0.572. The van der Waals surface area contributed by atoms with E-state index in [4.69, 9.17) is 26.7 Å². The number of hydrogen-bond donors (Lipinski definition) is 0. The van der Waals surface area contributed by atoms with Crippen LogP contribution in [0.3, 0.4) is 0 Å². The number of aryl methyl sites for hydroxylation is 2. The van der Waals surface area contributed by atoms with Crippen LogP contribution in [0.2, 0.25) is 0 Å². The van der Waals surface area contributed by atoms with Crippen LogP contribution in [0.5, 0.6) is 11.5 Å². The largest absolute Gasteiger partial charge is 0.458 e. The highest BCUT2D eigenvalue weighted by Crippen LogP contribution is 2.38. The molecule has 0 saturated heterocycles. The smallest absolute Gasteiger partial charge is 0.269 e. The Kier molecular flexibility index (Phi) is 5.48. The van der Waals surface area contributed by atoms with Crippen LogP contribution in [-0.4, -0.2) is 14.1 Å². The number of rotatable bonds is 7. The Bertz CT molecular complexity index is 3960. The predicted octanol–water partition coefficient (Wildman–Crippen LogP) is 13.2. The lowest BCUT2D eigenvalue weighted by Gasteiger charge is -2.27. The maximum Gasteiger partial charge on any atom is 0.269 e. The number of imidazole rings is 1. The zero-order chi connectivity index (χ0) is 54.0. The van der Waals surface area contributed by atoms with E-state index in [0.29, 0.717) is 50.5 Å². The first kappa shape index (κ1) is 22.6. The van der Waals surface area contributed by atoms with Gasteiger partial charge in [-0.15, -0.1) is 0 Å². The summed E-state index contributed by atoms with van der Waals surface area (Å²) in [6.07, 6.45) is 4.70. The van der Waals surface area contributed by atoms with E-state index < -0.39 is 79.5 Å². The lowest BCUT2D eigenvalue weighted by Crippen LogP contribution is -2.34. The summed E-state index contributed by atoms with van der Waals surface area (Å²) >= 11 is 0. The number of benzene rings is 7. The van der Waals surface area contributed by atoms with Crippen LogP contribution in [0, 0.1) is 20.0 Å². The van der Waals surface area contributed by atoms with E-state index in [-0.39, 0.29) is 39.2 Å². The maximum atomic E-state index is 9.03. The van der Waals surface area contributed by atoms with Crippen molar-refractivity contribution in [3.63, 3.8) is 0 Å². The Labute approximate surface area is 367 Å². The van der Waals surface area contributed by atoms with Gasteiger partial charge in [0.05, 0.1) is 47.1 Å². The van der Waals surface area contributed by atoms with Crippen LogP contribution < -0.4 is 9.30 Å². The van der Waals surface area contributed by atoms with Crippen LogP contribution in [0.1, 0.15) is 59.4 Å². The number of pyridine rings is 1. The molecule has 0 N–H and O–H groups in total. The van der Waals surface area contributed by atoms with Crippen molar-refractivity contribution in [2.24, 2.45) is 0 Å². The monoisotopic (exact) mass is 780 g/mol. The van der Waals surface area contributed by atoms with Gasteiger partial charge in [0.15, 0.2) is 0 Å². The van der Waals surface area contributed by atoms with Gasteiger partial charge in [0, 0.05) is 36.8 Å². The van der Waals surface area contributed by atoms with Gasteiger partial charge in [0.25, 0.3) is 6.33 Å². The fourth-order valence-electron chi connectivity index (χ4n) is 7.67. The molecule has 0 saturated carbocycles. The van der Waals surface area contributed by atoms with Crippen LogP contribution in [0.15, 0.2) is 176 Å². The molecule has 0 aliphatic carbocycles. The summed E-state index contributed by atoms with van der Waals surface area (Å²) in [5.41, 5.74) is 2.57. The van der Waals surface area contributed by atoms with Gasteiger partial charge in [-0.3, -0.25) is 13.7 Å². The lowest BCUT2D eigenvalue weighted by atomic mass is 9.82. The zero-order valence-corrected chi connectivity index (χ0v) is 32.2. The van der Waals surface area contributed by atoms with Crippen molar-refractivity contribution in [3.8, 4) is 50.9 Å². The molecule has 0 atom stereocenters. The van der Waals surface area contributed by atoms with Crippen molar-refractivity contribution in [1.82, 2.24) is 14.1 Å². The van der Waals surface area contributed by atoms with Gasteiger partial charge < -0.3 is 4.74 Å². The van der Waals surface area contributed by atoms with Crippen LogP contribution in [-0.2, 0) is 5.41 Å². The molecular formula is C54H44N4O. The second kappa shape index (κ2) is 14.3. The highest BCUT2D eigenvalue weighted by molar-refractivity contribution is 6.09. The number of fused-ring (bicyclic) bond motifs is 4. The Balaban J connectivity index is 1.11. The summed E-state index contributed by atoms with van der Waals surface area (Å²) < 4.78 is 148. The Morgan fingerprint density at radius 3 is 2.14 bits per heavy atom. The Hall–Kier alpha value is -7.24. The van der Waals surface area contributed by atoms with Crippen molar-refractivity contribution in [2.45, 2.75) is 39.9 Å². The van der Waals surface area contributed by atoms with Crippen molar-refractivity contribution < 1.29 is 31.2 Å². The summed E-state index contributed by atoms with van der Waals surface area (Å²) in [4.78, 5) is 4.68. The molecule has 7 aromatic carbocycles. The van der Waals surface area contributed by atoms with Crippen LogP contribution >= 0.6 is 0 Å². The summed E-state index contributed by atoms with van der Waals surface area (Å²) in [6, 6.07) is 26.3. The fourth-order valence-corrected chi connectivity index (χ4v) is 7.67. The second-order valence-electron chi connectivity index (χ2n) is 15.1. The first-order valence-electron chi connectivity index (χ1n) is 26.9. The Morgan fingerprint density at radius 1 is 0.661 bits per heavy atom. The third-order valence-electron chi connectivity index (χ3n) is 10.3. The van der Waals surface area contributed by atoms with E-state index in [1.807, 2.05) is 81.4 Å². The molecular weight excluding hydrogens is 721 g/mol. The average molecular weight is 781 g/mol. The first-order chi connectivity index (χ1) is 35.3. The van der Waals surface area contributed by atoms with E-state index in [1.54, 1.807) is 50.1 Å². The molecule has 0 aliphatic heterocycles. The maximum absolute atomic E-state index is 9.03. The molecule has 10 rings (SSSR count). The molecule has 0 fully saturated rings. The normalized spacial score (nSPS) is 16.1. The molecule has 3 aromatic heterocycles. The summed E-state index contributed by atoms with van der Waals surface area (Å²) in [7, 11) is 0. The van der Waals surface area contributed by atoms with Crippen LogP contribution in [0.4, 0.5) is 0 Å². The van der Waals surface area contributed by atoms with Gasteiger partial charge in [-0.2, -0.15) is 0 Å². The molecule has 0 spiro atoms. The fraction of sp³-hybridized carbons (Fsp3) is 0.111. The highest BCUT2D eigenvalue weighted by atomic mass is 16.5. The van der Waals surface area contributed by atoms with Gasteiger partial charge >= 0.3 is 0 Å². The molecule has 3 heterocycles. The number of ether oxygens (including phenoxy) is 1. The zero-order valence-electron chi connectivity index (χ0n) is 48.2. The van der Waals surface area contributed by atoms with E-state index >= 15 is 0 Å². The molecule has 0 bridgehead atoms. The summed E-state index contributed by atoms with van der Waals surface area (Å²) in [5.74, 6) is 1.01. The SMILES string of the molecule is [2H]c1c([2H])c([2H])c(-c2cnc(-n3c4ccccc4c4ccc(Oc5cccc(-n6[c-][n+](-c7c(-c8c([2H])c([2H])c([2H])c([2H])c8[2H])cc(C([2H])([2H])[2H])cc7C(C)(C)C)c7ccccc76)c5)cc43)cc2C([2H])([2H])[2H])c([2H])c1[2H]. The van der Waals surface area contributed by atoms with E-state index in [0.717, 1.165) is 10.8 Å². The summed E-state index contributed by atoms with van der Waals surface area (Å²) in [6.45, 7) is 0.325. The number of aromatic nitrogens is 4. The van der Waals surface area contributed by atoms with Gasteiger partial charge in [0.1, 0.15) is 17.3 Å². The highest BCUT2D eigenvalue weighted by Gasteiger charge is 2.25. The Morgan fingerprint density at radius 2 is 1.37 bits per heavy atom. The molecule has 5 nitrogen and oxygen atoms in total. The third-order valence-corrected chi connectivity index (χ3v) is 10.3. The number of nitrogens with zero attached hydrogens (tertiary/aromatic N) is 4. The van der Waals surface area contributed by atoms with Gasteiger partial charge in [0.2, 0.25) is 0 Å². The molecule has 0 aliphatic rings. The topological polar surface area (TPSA) is 35.9 Å². The molecule has 0 unspecified atom stereocenters. The summed E-state index contributed by atoms with van der Waals surface area (Å²) in [5, 5.41) is 1.62. The minimum Gasteiger partial charge on any atom is -0.458 e. The average Bonchev–Trinajstić information content (AvgIpc) is 3.91. The molecule has 286 valence electrons. The molecule has 10 aromatic rings. The quantitative estimate of drug-likeness (QED) is 0.119. The predicted molar refractivity (Wildman–Crippen MR) is 241 cm³/mol. The van der Waals surface area contributed by atoms with E-state index in [9.17, 15) is 0 Å². The minimum atomic E-state index is -2.79. The third kappa shape index (κ3) is 6.45. The van der Waals surface area contributed by atoms with Crippen molar-refractivity contribution in [3.05, 3.63) is 199 Å². The van der Waals surface area contributed by atoms with Crippen molar-refractivity contribution in [2.75, 3.05) is 0 Å². The molecule has 0 radical (unpaired) electrons. The van der Waals surface area contributed by atoms with E-state index in [1.165, 1.54) is 18.3 Å². The van der Waals surface area contributed by atoms with Gasteiger partial charge in [-0.1, -0.05) is 147 Å². The van der Waals surface area contributed by atoms with Gasteiger partial charge in [-0.25, -0.2) is 4.98 Å². The minimum absolute atomic E-state index is 0.0626. The van der Waals surface area contributed by atoms with Crippen LogP contribution in [0.25, 0.3) is 72.3 Å². The second-order valence-corrected chi connectivity index (χ2v) is 15.1. The van der Waals surface area contributed by atoms with Crippen molar-refractivity contribution in [1.29, 1.82) is 0 Å². The standard InChI is InChI=1S/C54H44N4O/c1-36-29-45(38-17-8-6-9-18-38)53(47(30-36)54(3,4)5)57-35-56(49-25-14-15-26-50(49)57)40-21-16-22-41(32-40)59-42-27-28-44-43-23-12-13-24-48(43)58(51(44)33-42)52-31-37(2)46(34-55-52)39-19-10-7-11-20-39/h6-34H,1-5H3/i1D3,2D3,6D,7D,8D,9D,10D,11D,17D,18D,19D,20D. The number of hydrogen-bond acceptors (Lipinski definition) is 2. The van der Waals surface area contributed by atoms with Crippen molar-refractivity contribution >= 4 is 32.8 Å². The van der Waals surface area contributed by atoms with Gasteiger partial charge in [-0.05, 0) is 89.4 Å². The first-order valence-corrected chi connectivity index (χ1v) is 18.9.